The lowest BCUT2D eigenvalue weighted by Crippen LogP contribution is -2.43. The van der Waals surface area contributed by atoms with E-state index in [2.05, 4.69) is 5.32 Å². The summed E-state index contributed by atoms with van der Waals surface area (Å²) >= 11 is 0. The number of rotatable bonds is 1. The van der Waals surface area contributed by atoms with Crippen molar-refractivity contribution < 1.29 is 8.42 Å². The van der Waals surface area contributed by atoms with Crippen LogP contribution in [0.25, 0.3) is 0 Å². The highest BCUT2D eigenvalue weighted by molar-refractivity contribution is 7.91. The first-order valence-corrected chi connectivity index (χ1v) is 6.46. The second kappa shape index (κ2) is 3.75. The third kappa shape index (κ3) is 2.36. The van der Waals surface area contributed by atoms with Crippen molar-refractivity contribution in [3.05, 3.63) is 0 Å². The van der Waals surface area contributed by atoms with Crippen LogP contribution in [0.3, 0.4) is 0 Å². The molecular weight excluding hydrogens is 210 g/mol. The summed E-state index contributed by atoms with van der Waals surface area (Å²) < 4.78 is 22.6. The molecule has 1 unspecified atom stereocenters. The maximum absolute atomic E-state index is 11.3. The molecule has 2 rings (SSSR count). The molecule has 0 aromatic carbocycles. The van der Waals surface area contributed by atoms with Gasteiger partial charge in [-0.1, -0.05) is 0 Å². The van der Waals surface area contributed by atoms with Crippen LogP contribution in [0.5, 0.6) is 0 Å². The fourth-order valence-electron chi connectivity index (χ4n) is 2.35. The lowest BCUT2D eigenvalue weighted by Gasteiger charge is -2.27. The van der Waals surface area contributed by atoms with E-state index in [0.717, 1.165) is 25.7 Å². The molecule has 2 fully saturated rings. The van der Waals surface area contributed by atoms with Crippen LogP contribution >= 0.6 is 12.4 Å². The Bertz CT molecular complexity index is 266. The van der Waals surface area contributed by atoms with Gasteiger partial charge < -0.3 is 5.32 Å². The van der Waals surface area contributed by atoms with Crippen molar-refractivity contribution in [2.45, 2.75) is 43.0 Å². The Balaban J connectivity index is 0.000000845. The van der Waals surface area contributed by atoms with Crippen molar-refractivity contribution >= 4 is 22.2 Å². The average molecular weight is 226 g/mol. The number of sulfone groups is 1. The Hall–Kier alpha value is 0.200. The van der Waals surface area contributed by atoms with Crippen molar-refractivity contribution in [1.82, 2.24) is 5.32 Å². The maximum Gasteiger partial charge on any atom is 0.150 e. The predicted molar refractivity (Wildman–Crippen MR) is 55.1 cm³/mol. The predicted octanol–water partition coefficient (Wildman–Crippen LogP) is 0.736. The van der Waals surface area contributed by atoms with Gasteiger partial charge in [-0.05, 0) is 25.7 Å². The topological polar surface area (TPSA) is 46.2 Å². The molecule has 2 aliphatic heterocycles. The van der Waals surface area contributed by atoms with Gasteiger partial charge in [-0.3, -0.25) is 0 Å². The summed E-state index contributed by atoms with van der Waals surface area (Å²) in [7, 11) is -2.79. The van der Waals surface area contributed by atoms with Gasteiger partial charge in [0.25, 0.3) is 0 Å². The molecule has 0 aromatic heterocycles. The maximum atomic E-state index is 11.3. The van der Waals surface area contributed by atoms with Gasteiger partial charge in [-0.15, -0.1) is 12.4 Å². The highest BCUT2D eigenvalue weighted by atomic mass is 35.5. The Morgan fingerprint density at radius 1 is 1.15 bits per heavy atom. The van der Waals surface area contributed by atoms with E-state index in [1.807, 2.05) is 0 Å². The molecule has 78 valence electrons. The second-order valence-corrected chi connectivity index (χ2v) is 6.39. The van der Waals surface area contributed by atoms with Crippen LogP contribution in [0.1, 0.15) is 25.7 Å². The zero-order chi connectivity index (χ0) is 8.77. The van der Waals surface area contributed by atoms with Crippen molar-refractivity contribution in [2.24, 2.45) is 0 Å². The summed E-state index contributed by atoms with van der Waals surface area (Å²) in [5, 5.41) is 3.35. The molecule has 0 spiro atoms. The minimum absolute atomic E-state index is 0. The van der Waals surface area contributed by atoms with Crippen LogP contribution in [0.4, 0.5) is 0 Å². The van der Waals surface area contributed by atoms with E-state index < -0.39 is 9.84 Å². The summed E-state index contributed by atoms with van der Waals surface area (Å²) in [6.45, 7) is 0. The summed E-state index contributed by atoms with van der Waals surface area (Å²) in [5.41, 5.74) is 0. The van der Waals surface area contributed by atoms with E-state index in [-0.39, 0.29) is 17.7 Å². The van der Waals surface area contributed by atoms with Crippen LogP contribution in [0.2, 0.25) is 0 Å². The van der Waals surface area contributed by atoms with Gasteiger partial charge in [0.05, 0.1) is 5.25 Å². The van der Waals surface area contributed by atoms with E-state index in [1.54, 1.807) is 0 Å². The van der Waals surface area contributed by atoms with Gasteiger partial charge in [0.2, 0.25) is 0 Å². The number of halogens is 1. The summed E-state index contributed by atoms with van der Waals surface area (Å²) in [4.78, 5) is 0. The molecule has 3 atom stereocenters. The average Bonchev–Trinajstić information content (AvgIpc) is 2.28. The Morgan fingerprint density at radius 2 is 1.62 bits per heavy atom. The molecule has 5 heteroatoms. The van der Waals surface area contributed by atoms with E-state index >= 15 is 0 Å². The molecule has 2 heterocycles. The normalized spacial score (nSPS) is 38.4. The largest absolute Gasteiger partial charge is 0.311 e. The molecule has 3 nitrogen and oxygen atoms in total. The van der Waals surface area contributed by atoms with Crippen LogP contribution in [0, 0.1) is 0 Å². The molecule has 2 bridgehead atoms. The molecule has 0 saturated carbocycles. The van der Waals surface area contributed by atoms with E-state index in [0.29, 0.717) is 12.1 Å². The molecule has 0 amide bonds. The summed E-state index contributed by atoms with van der Waals surface area (Å²) in [6, 6.07) is 0.951. The highest BCUT2D eigenvalue weighted by Crippen LogP contribution is 2.29. The van der Waals surface area contributed by atoms with Crippen LogP contribution in [0.15, 0.2) is 0 Å². The molecule has 0 aliphatic carbocycles. The van der Waals surface area contributed by atoms with Gasteiger partial charge in [-0.25, -0.2) is 8.42 Å². The van der Waals surface area contributed by atoms with Crippen molar-refractivity contribution in [2.75, 3.05) is 6.26 Å². The number of nitrogens with one attached hydrogen (secondary N) is 1. The highest BCUT2D eigenvalue weighted by Gasteiger charge is 2.37. The first kappa shape index (κ1) is 11.3. The minimum atomic E-state index is -2.79. The molecule has 0 radical (unpaired) electrons. The first-order chi connectivity index (χ1) is 5.55. The molecule has 0 aromatic rings. The number of piperidine rings is 1. The van der Waals surface area contributed by atoms with Gasteiger partial charge in [0.15, 0.2) is 0 Å². The first-order valence-electron chi connectivity index (χ1n) is 4.50. The fourth-order valence-corrected chi connectivity index (χ4v) is 3.52. The van der Waals surface area contributed by atoms with E-state index in [9.17, 15) is 8.42 Å². The Morgan fingerprint density at radius 3 is 2.00 bits per heavy atom. The van der Waals surface area contributed by atoms with Crippen molar-refractivity contribution in [1.29, 1.82) is 0 Å². The zero-order valence-electron chi connectivity index (χ0n) is 7.69. The smallest absolute Gasteiger partial charge is 0.150 e. The van der Waals surface area contributed by atoms with Gasteiger partial charge in [0, 0.05) is 18.3 Å². The van der Waals surface area contributed by atoms with Crippen LogP contribution in [-0.2, 0) is 9.84 Å². The third-order valence-electron chi connectivity index (χ3n) is 3.04. The third-order valence-corrected chi connectivity index (χ3v) is 4.63. The van der Waals surface area contributed by atoms with Gasteiger partial charge in [0.1, 0.15) is 9.84 Å². The SMILES string of the molecule is CS(=O)(=O)C1C[C@H]2CC[C@@H](C1)N2.Cl. The number of hydrogen-bond acceptors (Lipinski definition) is 3. The standard InChI is InChI=1S/C8H15NO2S.ClH/c1-12(10,11)8-4-6-2-3-7(5-8)9-6;/h6-9H,2-5H2,1H3;1H/t6-,7+,8?;. The quantitative estimate of drug-likeness (QED) is 0.716. The Kier molecular flexibility index (Phi) is 3.25. The monoisotopic (exact) mass is 225 g/mol. The zero-order valence-corrected chi connectivity index (χ0v) is 9.33. The van der Waals surface area contributed by atoms with Gasteiger partial charge >= 0.3 is 0 Å². The number of fused-ring (bicyclic) bond motifs is 2. The second-order valence-electron chi connectivity index (χ2n) is 4.06. The number of hydrogen-bond donors (Lipinski definition) is 1. The van der Waals surface area contributed by atoms with Crippen molar-refractivity contribution in [3.8, 4) is 0 Å². The minimum Gasteiger partial charge on any atom is -0.311 e. The lowest BCUT2D eigenvalue weighted by molar-refractivity contribution is 0.402. The lowest BCUT2D eigenvalue weighted by atomic mass is 10.1. The molecule has 1 N–H and O–H groups in total. The summed E-state index contributed by atoms with van der Waals surface area (Å²) in [6.07, 6.45) is 5.35. The Labute approximate surface area is 85.6 Å². The fraction of sp³-hybridized carbons (Fsp3) is 1.00. The van der Waals surface area contributed by atoms with Crippen LogP contribution < -0.4 is 5.32 Å². The van der Waals surface area contributed by atoms with Crippen molar-refractivity contribution in [3.63, 3.8) is 0 Å². The molecule has 2 saturated heterocycles. The van der Waals surface area contributed by atoms with E-state index in [1.165, 1.54) is 6.26 Å². The molecule has 2 aliphatic rings. The molecule has 13 heavy (non-hydrogen) atoms. The van der Waals surface area contributed by atoms with E-state index in [4.69, 9.17) is 0 Å². The summed E-state index contributed by atoms with van der Waals surface area (Å²) in [5.74, 6) is 0. The molecular formula is C8H16ClNO2S. The van der Waals surface area contributed by atoms with Crippen LogP contribution in [-0.4, -0.2) is 32.0 Å². The van der Waals surface area contributed by atoms with Gasteiger partial charge in [-0.2, -0.15) is 0 Å².